The number of pyridine rings is 1. The highest BCUT2D eigenvalue weighted by Crippen LogP contribution is 2.31. The number of ether oxygens (including phenoxy) is 1. The maximum absolute atomic E-state index is 13.2. The summed E-state index contributed by atoms with van der Waals surface area (Å²) in [6, 6.07) is 3.06. The van der Waals surface area contributed by atoms with E-state index in [0.29, 0.717) is 12.8 Å². The Kier molecular flexibility index (Phi) is 9.29. The fraction of sp³-hybridized carbons (Fsp3) is 0.708. The SMILES string of the molecule is CC(C)C[C@H](NC(=O)OC(C)(C)C)C(=O)NC1CC(C)(C)CN(S(=O)(=O)c2ccccn2)CC1O. The monoisotopic (exact) mass is 512 g/mol. The highest BCUT2D eigenvalue weighted by Gasteiger charge is 2.41. The normalized spacial score (nSPS) is 22.2. The van der Waals surface area contributed by atoms with Gasteiger partial charge >= 0.3 is 6.09 Å². The molecule has 0 aliphatic carbocycles. The van der Waals surface area contributed by atoms with Gasteiger partial charge in [0.1, 0.15) is 11.6 Å². The molecule has 1 aliphatic heterocycles. The fourth-order valence-electron chi connectivity index (χ4n) is 4.07. The number of rotatable bonds is 7. The summed E-state index contributed by atoms with van der Waals surface area (Å²) in [7, 11) is -3.93. The fourth-order valence-corrected chi connectivity index (χ4v) is 5.65. The molecule has 11 heteroatoms. The van der Waals surface area contributed by atoms with E-state index < -0.39 is 51.2 Å². The molecule has 10 nitrogen and oxygen atoms in total. The van der Waals surface area contributed by atoms with Gasteiger partial charge in [0.25, 0.3) is 10.0 Å². The van der Waals surface area contributed by atoms with Crippen LogP contribution in [0.5, 0.6) is 0 Å². The quantitative estimate of drug-likeness (QED) is 0.509. The van der Waals surface area contributed by atoms with Crippen LogP contribution in [0.4, 0.5) is 4.79 Å². The van der Waals surface area contributed by atoms with Gasteiger partial charge in [-0.2, -0.15) is 4.31 Å². The van der Waals surface area contributed by atoms with Crippen molar-refractivity contribution in [1.29, 1.82) is 0 Å². The minimum Gasteiger partial charge on any atom is -0.444 e. The van der Waals surface area contributed by atoms with Crippen LogP contribution in [0.2, 0.25) is 0 Å². The second-order valence-corrected chi connectivity index (χ2v) is 13.2. The number of alkyl carbamates (subject to hydrolysis) is 1. The number of β-amino-alcohol motifs (C(OH)–C–C–N with tert-alkyl or cyclic N) is 1. The third-order valence-electron chi connectivity index (χ3n) is 5.52. The Morgan fingerprint density at radius 2 is 1.94 bits per heavy atom. The van der Waals surface area contributed by atoms with Gasteiger partial charge < -0.3 is 20.5 Å². The number of aliphatic hydroxyl groups excluding tert-OH is 1. The van der Waals surface area contributed by atoms with Crippen LogP contribution in [0.25, 0.3) is 0 Å². The summed E-state index contributed by atoms with van der Waals surface area (Å²) in [6.07, 6.45) is 0.266. The maximum Gasteiger partial charge on any atom is 0.408 e. The molecule has 1 aromatic heterocycles. The van der Waals surface area contributed by atoms with E-state index in [0.717, 1.165) is 0 Å². The molecule has 198 valence electrons. The molecule has 1 saturated heterocycles. The van der Waals surface area contributed by atoms with E-state index >= 15 is 0 Å². The number of sulfonamides is 1. The molecular formula is C24H40N4O6S. The summed E-state index contributed by atoms with van der Waals surface area (Å²) >= 11 is 0. The predicted molar refractivity (Wildman–Crippen MR) is 132 cm³/mol. The Morgan fingerprint density at radius 1 is 1.29 bits per heavy atom. The first-order valence-corrected chi connectivity index (χ1v) is 13.3. The van der Waals surface area contributed by atoms with Gasteiger partial charge in [-0.05, 0) is 57.1 Å². The van der Waals surface area contributed by atoms with Crippen molar-refractivity contribution in [3.63, 3.8) is 0 Å². The summed E-state index contributed by atoms with van der Waals surface area (Å²) < 4.78 is 32.9. The zero-order valence-electron chi connectivity index (χ0n) is 21.7. The molecule has 2 amide bonds. The lowest BCUT2D eigenvalue weighted by Crippen LogP contribution is -2.54. The van der Waals surface area contributed by atoms with E-state index in [9.17, 15) is 23.1 Å². The Morgan fingerprint density at radius 3 is 2.49 bits per heavy atom. The third-order valence-corrected chi connectivity index (χ3v) is 7.24. The Hall–Kier alpha value is -2.24. The first kappa shape index (κ1) is 29.0. The summed E-state index contributed by atoms with van der Waals surface area (Å²) in [5, 5.41) is 16.3. The molecule has 3 atom stereocenters. The van der Waals surface area contributed by atoms with Gasteiger partial charge in [-0.1, -0.05) is 33.8 Å². The molecule has 1 aromatic rings. The zero-order valence-corrected chi connectivity index (χ0v) is 22.6. The van der Waals surface area contributed by atoms with Crippen molar-refractivity contribution in [2.75, 3.05) is 13.1 Å². The Bertz CT molecular complexity index is 975. The van der Waals surface area contributed by atoms with E-state index in [1.165, 1.54) is 16.6 Å². The molecule has 2 heterocycles. The number of amides is 2. The minimum atomic E-state index is -3.93. The lowest BCUT2D eigenvalue weighted by atomic mass is 9.85. The van der Waals surface area contributed by atoms with Gasteiger partial charge in [0.05, 0.1) is 12.1 Å². The van der Waals surface area contributed by atoms with Gasteiger partial charge in [-0.15, -0.1) is 0 Å². The number of carbonyl (C=O) groups is 2. The molecule has 1 fully saturated rings. The van der Waals surface area contributed by atoms with E-state index in [2.05, 4.69) is 15.6 Å². The lowest BCUT2D eigenvalue weighted by molar-refractivity contribution is -0.125. The van der Waals surface area contributed by atoms with Crippen LogP contribution in [0, 0.1) is 11.3 Å². The average molecular weight is 513 g/mol. The highest BCUT2D eigenvalue weighted by atomic mass is 32.2. The van der Waals surface area contributed by atoms with E-state index in [4.69, 9.17) is 4.74 Å². The number of aromatic nitrogens is 1. The predicted octanol–water partition coefficient (Wildman–Crippen LogP) is 2.29. The van der Waals surface area contributed by atoms with Crippen molar-refractivity contribution in [2.45, 2.75) is 90.1 Å². The van der Waals surface area contributed by atoms with Gasteiger partial charge in [-0.3, -0.25) is 4.79 Å². The highest BCUT2D eigenvalue weighted by molar-refractivity contribution is 7.89. The van der Waals surface area contributed by atoms with E-state index in [1.54, 1.807) is 32.9 Å². The number of nitrogens with zero attached hydrogens (tertiary/aromatic N) is 2. The first-order chi connectivity index (χ1) is 16.0. The van der Waals surface area contributed by atoms with Crippen LogP contribution in [0.1, 0.15) is 61.3 Å². The minimum absolute atomic E-state index is 0.0935. The largest absolute Gasteiger partial charge is 0.444 e. The summed E-state index contributed by atoms with van der Waals surface area (Å²) in [5.74, 6) is -0.347. The van der Waals surface area contributed by atoms with Gasteiger partial charge in [0.2, 0.25) is 5.91 Å². The van der Waals surface area contributed by atoms with Crippen LogP contribution >= 0.6 is 0 Å². The molecule has 2 unspecified atom stereocenters. The van der Waals surface area contributed by atoms with Crippen molar-refractivity contribution >= 4 is 22.0 Å². The van der Waals surface area contributed by atoms with Gasteiger partial charge in [0.15, 0.2) is 5.03 Å². The second-order valence-electron chi connectivity index (χ2n) is 11.3. The standard InChI is InChI=1S/C24H40N4O6S/c1-16(2)12-17(27-22(31)34-23(3,4)5)21(30)26-18-13-24(6,7)15-28(14-19(18)29)35(32,33)20-10-8-9-11-25-20/h8-11,16-19,29H,12-15H2,1-7H3,(H,26,30)(H,27,31)/t17-,18?,19?/m0/s1. The van der Waals surface area contributed by atoms with Crippen LogP contribution in [-0.2, 0) is 19.6 Å². The summed E-state index contributed by atoms with van der Waals surface area (Å²) in [6.45, 7) is 12.8. The molecule has 1 aliphatic rings. The van der Waals surface area contributed by atoms with Gasteiger partial charge in [0, 0.05) is 19.3 Å². The van der Waals surface area contributed by atoms with E-state index in [-0.39, 0.29) is 24.0 Å². The number of carbonyl (C=O) groups excluding carboxylic acids is 2. The van der Waals surface area contributed by atoms with E-state index in [1.807, 2.05) is 27.7 Å². The third kappa shape index (κ3) is 8.73. The maximum atomic E-state index is 13.2. The van der Waals surface area contributed by atoms with Crippen molar-refractivity contribution in [3.05, 3.63) is 24.4 Å². The van der Waals surface area contributed by atoms with Crippen molar-refractivity contribution < 1.29 is 27.9 Å². The average Bonchev–Trinajstić information content (AvgIpc) is 2.82. The molecule has 35 heavy (non-hydrogen) atoms. The summed E-state index contributed by atoms with van der Waals surface area (Å²) in [4.78, 5) is 29.5. The first-order valence-electron chi connectivity index (χ1n) is 11.9. The lowest BCUT2D eigenvalue weighted by Gasteiger charge is -2.31. The van der Waals surface area contributed by atoms with Gasteiger partial charge in [-0.25, -0.2) is 18.2 Å². The molecule has 2 rings (SSSR count). The van der Waals surface area contributed by atoms with Crippen molar-refractivity contribution in [2.24, 2.45) is 11.3 Å². The van der Waals surface area contributed by atoms with Crippen LogP contribution in [0.3, 0.4) is 0 Å². The summed E-state index contributed by atoms with van der Waals surface area (Å²) in [5.41, 5.74) is -1.27. The molecule has 0 saturated carbocycles. The molecule has 0 spiro atoms. The molecule has 0 bridgehead atoms. The van der Waals surface area contributed by atoms with Crippen LogP contribution < -0.4 is 10.6 Å². The number of nitrogens with one attached hydrogen (secondary N) is 2. The Balaban J connectivity index is 2.20. The molecular weight excluding hydrogens is 472 g/mol. The van der Waals surface area contributed by atoms with Crippen LogP contribution in [0.15, 0.2) is 29.4 Å². The van der Waals surface area contributed by atoms with Crippen molar-refractivity contribution in [1.82, 2.24) is 19.9 Å². The number of hydrogen-bond donors (Lipinski definition) is 3. The van der Waals surface area contributed by atoms with Crippen molar-refractivity contribution in [3.8, 4) is 0 Å². The molecule has 3 N–H and O–H groups in total. The zero-order chi connectivity index (χ0) is 26.6. The number of hydrogen-bond acceptors (Lipinski definition) is 7. The molecule has 0 radical (unpaired) electrons. The Labute approximate surface area is 208 Å². The second kappa shape index (κ2) is 11.2. The molecule has 0 aromatic carbocycles. The van der Waals surface area contributed by atoms with Crippen LogP contribution in [-0.4, -0.2) is 71.7 Å². The number of aliphatic hydroxyl groups is 1. The topological polar surface area (TPSA) is 138 Å². The smallest absolute Gasteiger partial charge is 0.408 e.